The maximum Gasteiger partial charge on any atom is 0.150 e. The quantitative estimate of drug-likeness (QED) is 0.539. The summed E-state index contributed by atoms with van der Waals surface area (Å²) in [6, 6.07) is 15.0. The lowest BCUT2D eigenvalue weighted by Crippen LogP contribution is -1.81. The molecule has 0 saturated heterocycles. The van der Waals surface area contributed by atoms with Crippen LogP contribution in [0.3, 0.4) is 0 Å². The van der Waals surface area contributed by atoms with Crippen LogP contribution in [0.1, 0.15) is 27.4 Å². The van der Waals surface area contributed by atoms with Crippen LogP contribution in [0, 0.1) is 13.8 Å². The summed E-state index contributed by atoms with van der Waals surface area (Å²) in [5, 5.41) is 10.9. The monoisotopic (exact) mass is 322 g/mol. The van der Waals surface area contributed by atoms with E-state index in [1.165, 1.54) is 0 Å². The van der Waals surface area contributed by atoms with Crippen LogP contribution in [0.2, 0.25) is 0 Å². The Morgan fingerprint density at radius 1 is 0.917 bits per heavy atom. The second-order valence-corrected chi connectivity index (χ2v) is 5.58. The lowest BCUT2D eigenvalue weighted by molar-refractivity contribution is 0.112. The van der Waals surface area contributed by atoms with Crippen molar-refractivity contribution >= 4 is 28.2 Å². The van der Waals surface area contributed by atoms with Crippen molar-refractivity contribution in [2.75, 3.05) is 0 Å². The molecule has 0 radical (unpaired) electrons. The van der Waals surface area contributed by atoms with Gasteiger partial charge in [0.2, 0.25) is 0 Å². The largest absolute Gasteiger partial charge is 0.461 e. The van der Waals surface area contributed by atoms with E-state index >= 15 is 0 Å². The van der Waals surface area contributed by atoms with Gasteiger partial charge in [-0.3, -0.25) is 4.79 Å². The molecule has 4 nitrogen and oxygen atoms in total. The van der Waals surface area contributed by atoms with Gasteiger partial charge in [0.15, 0.2) is 6.29 Å². The minimum absolute atomic E-state index is 0.0658. The van der Waals surface area contributed by atoms with E-state index in [1.54, 1.807) is 6.07 Å². The van der Waals surface area contributed by atoms with Crippen LogP contribution in [-0.2, 0) is 6.61 Å². The minimum atomic E-state index is 0.0658. The fraction of sp³-hybridized carbons (Fsp3) is 0.150. The van der Waals surface area contributed by atoms with Crippen molar-refractivity contribution < 1.29 is 18.7 Å². The molecule has 0 aliphatic rings. The molecule has 0 aliphatic carbocycles. The first-order valence-corrected chi connectivity index (χ1v) is 7.65. The number of aldehydes is 1. The average molecular weight is 322 g/mol. The molecular weight excluding hydrogens is 304 g/mol. The number of aliphatic hydroxyl groups excluding tert-OH is 1. The first kappa shape index (κ1) is 16.0. The highest BCUT2D eigenvalue weighted by atomic mass is 16.3. The maximum atomic E-state index is 10.6. The molecule has 4 aromatic rings. The molecule has 0 saturated carbocycles. The van der Waals surface area contributed by atoms with Gasteiger partial charge in [-0.25, -0.2) is 0 Å². The molecule has 122 valence electrons. The molecule has 0 atom stereocenters. The van der Waals surface area contributed by atoms with E-state index in [0.717, 1.165) is 45.3 Å². The fourth-order valence-electron chi connectivity index (χ4n) is 2.70. The van der Waals surface area contributed by atoms with Gasteiger partial charge >= 0.3 is 0 Å². The highest BCUT2D eigenvalue weighted by Crippen LogP contribution is 2.22. The summed E-state index contributed by atoms with van der Waals surface area (Å²) in [7, 11) is 0. The molecule has 0 aliphatic heterocycles. The number of hydrogen-bond acceptors (Lipinski definition) is 4. The standard InChI is InChI=1S/C10H10O2.C10H8O2/c2*1-7-5-9-8(6-11)3-2-4-10(9)12-7/h2-5,11H,6H2,1H3;2-6H,1H3. The predicted molar refractivity (Wildman–Crippen MR) is 93.2 cm³/mol. The molecule has 2 aromatic carbocycles. The van der Waals surface area contributed by atoms with Gasteiger partial charge in [-0.1, -0.05) is 24.3 Å². The maximum absolute atomic E-state index is 10.6. The van der Waals surface area contributed by atoms with Crippen molar-refractivity contribution in [1.29, 1.82) is 0 Å². The van der Waals surface area contributed by atoms with Crippen molar-refractivity contribution in [3.05, 3.63) is 71.2 Å². The Labute approximate surface area is 139 Å². The number of fused-ring (bicyclic) bond motifs is 2. The van der Waals surface area contributed by atoms with Crippen molar-refractivity contribution in [1.82, 2.24) is 0 Å². The number of aryl methyl sites for hydroxylation is 2. The molecule has 1 N–H and O–H groups in total. The van der Waals surface area contributed by atoms with E-state index in [4.69, 9.17) is 13.9 Å². The Bertz CT molecular complexity index is 991. The highest BCUT2D eigenvalue weighted by Gasteiger charge is 2.04. The van der Waals surface area contributed by atoms with E-state index in [9.17, 15) is 4.79 Å². The normalized spacial score (nSPS) is 10.6. The second-order valence-electron chi connectivity index (χ2n) is 5.58. The number of aliphatic hydroxyl groups is 1. The van der Waals surface area contributed by atoms with Crippen molar-refractivity contribution in [2.24, 2.45) is 0 Å². The molecule has 4 heteroatoms. The van der Waals surface area contributed by atoms with E-state index in [-0.39, 0.29) is 6.61 Å². The highest BCUT2D eigenvalue weighted by molar-refractivity contribution is 5.96. The van der Waals surface area contributed by atoms with Crippen LogP contribution >= 0.6 is 0 Å². The molecule has 0 unspecified atom stereocenters. The number of carbonyl (C=O) groups excluding carboxylic acids is 1. The zero-order chi connectivity index (χ0) is 17.1. The zero-order valence-corrected chi connectivity index (χ0v) is 13.6. The third-order valence-corrected chi connectivity index (χ3v) is 3.79. The Kier molecular flexibility index (Phi) is 4.49. The first-order valence-electron chi connectivity index (χ1n) is 7.65. The topological polar surface area (TPSA) is 63.6 Å². The van der Waals surface area contributed by atoms with Crippen LogP contribution in [0.25, 0.3) is 21.9 Å². The number of carbonyl (C=O) groups is 1. The van der Waals surface area contributed by atoms with Gasteiger partial charge in [-0.2, -0.15) is 0 Å². The molecule has 24 heavy (non-hydrogen) atoms. The summed E-state index contributed by atoms with van der Waals surface area (Å²) < 4.78 is 10.8. The van der Waals surface area contributed by atoms with Gasteiger partial charge in [0, 0.05) is 16.3 Å². The molecule has 2 heterocycles. The number of furan rings is 2. The van der Waals surface area contributed by atoms with Crippen LogP contribution in [0.15, 0.2) is 57.4 Å². The SMILES string of the molecule is Cc1cc2c(C=O)cccc2o1.Cc1cc2c(CO)cccc2o1. The number of hydrogen-bond donors (Lipinski definition) is 1. The first-order chi connectivity index (χ1) is 11.6. The van der Waals surface area contributed by atoms with Gasteiger partial charge in [-0.15, -0.1) is 0 Å². The number of rotatable bonds is 2. The van der Waals surface area contributed by atoms with Crippen LogP contribution in [-0.4, -0.2) is 11.4 Å². The van der Waals surface area contributed by atoms with E-state index < -0.39 is 0 Å². The lowest BCUT2D eigenvalue weighted by atomic mass is 10.1. The summed E-state index contributed by atoms with van der Waals surface area (Å²) in [5.74, 6) is 1.71. The summed E-state index contributed by atoms with van der Waals surface area (Å²) in [6.07, 6.45) is 0.845. The Balaban J connectivity index is 0.000000141. The average Bonchev–Trinajstić information content (AvgIpc) is 3.15. The third kappa shape index (κ3) is 3.09. The molecular formula is C20H18O4. The summed E-state index contributed by atoms with van der Waals surface area (Å²) in [5.41, 5.74) is 3.23. The van der Waals surface area contributed by atoms with E-state index in [1.807, 2.05) is 56.3 Å². The van der Waals surface area contributed by atoms with Gasteiger partial charge in [-0.05, 0) is 43.7 Å². The molecule has 0 fully saturated rings. The van der Waals surface area contributed by atoms with Gasteiger partial charge in [0.25, 0.3) is 0 Å². The Morgan fingerprint density at radius 2 is 1.50 bits per heavy atom. The van der Waals surface area contributed by atoms with Crippen molar-refractivity contribution in [3.63, 3.8) is 0 Å². The van der Waals surface area contributed by atoms with Gasteiger partial charge in [0.1, 0.15) is 22.7 Å². The molecule has 0 bridgehead atoms. The molecule has 0 amide bonds. The number of benzene rings is 2. The van der Waals surface area contributed by atoms with Gasteiger partial charge in [0.05, 0.1) is 6.61 Å². The van der Waals surface area contributed by atoms with E-state index in [2.05, 4.69) is 0 Å². The summed E-state index contributed by atoms with van der Waals surface area (Å²) >= 11 is 0. The minimum Gasteiger partial charge on any atom is -0.461 e. The Hall–Kier alpha value is -2.85. The summed E-state index contributed by atoms with van der Waals surface area (Å²) in [6.45, 7) is 3.84. The van der Waals surface area contributed by atoms with E-state index in [0.29, 0.717) is 5.56 Å². The third-order valence-electron chi connectivity index (χ3n) is 3.79. The molecule has 4 rings (SSSR count). The van der Waals surface area contributed by atoms with Crippen molar-refractivity contribution in [3.8, 4) is 0 Å². The van der Waals surface area contributed by atoms with Crippen molar-refractivity contribution in [2.45, 2.75) is 20.5 Å². The van der Waals surface area contributed by atoms with Crippen LogP contribution in [0.5, 0.6) is 0 Å². The fourth-order valence-corrected chi connectivity index (χ4v) is 2.70. The summed E-state index contributed by atoms with van der Waals surface area (Å²) in [4.78, 5) is 10.6. The molecule has 2 aromatic heterocycles. The Morgan fingerprint density at radius 3 is 2.12 bits per heavy atom. The smallest absolute Gasteiger partial charge is 0.150 e. The molecule has 0 spiro atoms. The lowest BCUT2D eigenvalue weighted by Gasteiger charge is -1.94. The van der Waals surface area contributed by atoms with Crippen LogP contribution in [0.4, 0.5) is 0 Å². The second kappa shape index (κ2) is 6.72. The zero-order valence-electron chi connectivity index (χ0n) is 13.6. The van der Waals surface area contributed by atoms with Crippen LogP contribution < -0.4 is 0 Å². The predicted octanol–water partition coefficient (Wildman–Crippen LogP) is 4.79. The van der Waals surface area contributed by atoms with Gasteiger partial charge < -0.3 is 13.9 Å².